The van der Waals surface area contributed by atoms with Crippen molar-refractivity contribution in [1.29, 1.82) is 0 Å². The van der Waals surface area contributed by atoms with Crippen molar-refractivity contribution in [2.75, 3.05) is 13.1 Å². The molecule has 3 N–H and O–H groups in total. The van der Waals surface area contributed by atoms with Crippen molar-refractivity contribution in [2.45, 2.75) is 69.8 Å². The van der Waals surface area contributed by atoms with E-state index in [4.69, 9.17) is 0 Å². The van der Waals surface area contributed by atoms with Crippen LogP contribution < -0.4 is 10.6 Å². The molecule has 2 fully saturated rings. The number of aliphatic hydroxyl groups is 1. The standard InChI is InChI=1S/C27H34N6O3/c1-17(2)33-24-6-4-3-5-23(24)25(31-33)27(36)30-19-13-20-7-8-21(14-19)32(20)16-22(34)15-29-26(35)18-9-11-28-12-10-18/h3-6,9-12,17,19-22,34H,7-8,13-16H2,1-2H3,(H,29,35)(H,30,36)/t19-,20-,21+,22?. The van der Waals surface area contributed by atoms with Gasteiger partial charge in [0.2, 0.25) is 0 Å². The first-order valence-electron chi connectivity index (χ1n) is 12.8. The number of para-hydroxylation sites is 1. The van der Waals surface area contributed by atoms with Gasteiger partial charge in [0.05, 0.1) is 11.6 Å². The monoisotopic (exact) mass is 490 g/mol. The van der Waals surface area contributed by atoms with Gasteiger partial charge in [-0.3, -0.25) is 24.2 Å². The molecule has 2 bridgehead atoms. The van der Waals surface area contributed by atoms with E-state index in [1.54, 1.807) is 24.5 Å². The Labute approximate surface area is 210 Å². The van der Waals surface area contributed by atoms with E-state index in [2.05, 4.69) is 39.5 Å². The van der Waals surface area contributed by atoms with Gasteiger partial charge in [0, 0.05) is 60.6 Å². The number of carbonyl (C=O) groups is 2. The largest absolute Gasteiger partial charge is 0.390 e. The van der Waals surface area contributed by atoms with Gasteiger partial charge in [0.1, 0.15) is 0 Å². The van der Waals surface area contributed by atoms with Gasteiger partial charge in [-0.15, -0.1) is 0 Å². The second-order valence-corrected chi connectivity index (χ2v) is 10.2. The van der Waals surface area contributed by atoms with Crippen LogP contribution in [-0.4, -0.2) is 73.9 Å². The molecule has 2 amide bonds. The summed E-state index contributed by atoms with van der Waals surface area (Å²) in [6.07, 6.45) is 6.30. The van der Waals surface area contributed by atoms with E-state index in [1.807, 2.05) is 28.9 Å². The summed E-state index contributed by atoms with van der Waals surface area (Å²) in [7, 11) is 0. The molecule has 5 rings (SSSR count). The van der Waals surface area contributed by atoms with Crippen molar-refractivity contribution in [3.05, 3.63) is 60.0 Å². The number of nitrogens with zero attached hydrogens (tertiary/aromatic N) is 4. The van der Waals surface area contributed by atoms with Crippen LogP contribution in [0.2, 0.25) is 0 Å². The fourth-order valence-electron chi connectivity index (χ4n) is 5.72. The van der Waals surface area contributed by atoms with E-state index in [0.29, 0.717) is 29.9 Å². The minimum atomic E-state index is -0.656. The number of hydrogen-bond acceptors (Lipinski definition) is 6. The smallest absolute Gasteiger partial charge is 0.272 e. The number of rotatable bonds is 8. The summed E-state index contributed by atoms with van der Waals surface area (Å²) in [6, 6.07) is 12.0. The van der Waals surface area contributed by atoms with Crippen LogP contribution in [0.25, 0.3) is 10.9 Å². The number of hydrogen-bond donors (Lipinski definition) is 3. The van der Waals surface area contributed by atoms with Crippen LogP contribution in [0.4, 0.5) is 0 Å². The van der Waals surface area contributed by atoms with Crippen LogP contribution in [-0.2, 0) is 0 Å². The van der Waals surface area contributed by atoms with Crippen LogP contribution in [0.3, 0.4) is 0 Å². The normalized spacial score (nSPS) is 22.6. The SMILES string of the molecule is CC(C)n1nc(C(=O)N[C@@H]2C[C@H]3CC[C@@H](C2)N3CC(O)CNC(=O)c2ccncc2)c2ccccc21. The van der Waals surface area contributed by atoms with Crippen LogP contribution in [0.1, 0.15) is 66.4 Å². The molecule has 9 nitrogen and oxygen atoms in total. The van der Waals surface area contributed by atoms with Crippen molar-refractivity contribution in [2.24, 2.45) is 0 Å². The number of carbonyl (C=O) groups excluding carboxylic acids is 2. The zero-order chi connectivity index (χ0) is 25.2. The highest BCUT2D eigenvalue weighted by molar-refractivity contribution is 6.05. The average Bonchev–Trinajstić information content (AvgIpc) is 3.37. The van der Waals surface area contributed by atoms with Crippen LogP contribution in [0, 0.1) is 0 Å². The number of fused-ring (bicyclic) bond motifs is 3. The lowest BCUT2D eigenvalue weighted by Gasteiger charge is -2.40. The molecule has 9 heteroatoms. The molecule has 3 aromatic rings. The van der Waals surface area contributed by atoms with E-state index >= 15 is 0 Å². The second-order valence-electron chi connectivity index (χ2n) is 10.2. The van der Waals surface area contributed by atoms with Crippen LogP contribution >= 0.6 is 0 Å². The van der Waals surface area contributed by atoms with E-state index in [0.717, 1.165) is 36.6 Å². The summed E-state index contributed by atoms with van der Waals surface area (Å²) in [5.74, 6) is -0.337. The predicted molar refractivity (Wildman–Crippen MR) is 137 cm³/mol. The minimum Gasteiger partial charge on any atom is -0.390 e. The molecule has 2 aliphatic rings. The van der Waals surface area contributed by atoms with Gasteiger partial charge in [-0.1, -0.05) is 18.2 Å². The third-order valence-corrected chi connectivity index (χ3v) is 7.40. The Morgan fingerprint density at radius 1 is 1.06 bits per heavy atom. The third-order valence-electron chi connectivity index (χ3n) is 7.40. The number of amides is 2. The molecular weight excluding hydrogens is 456 g/mol. The number of aliphatic hydroxyl groups excluding tert-OH is 1. The van der Waals surface area contributed by atoms with Crippen molar-refractivity contribution in [1.82, 2.24) is 30.3 Å². The average molecular weight is 491 g/mol. The number of nitrogens with one attached hydrogen (secondary N) is 2. The highest BCUT2D eigenvalue weighted by Crippen LogP contribution is 2.36. The quantitative estimate of drug-likeness (QED) is 0.447. The third kappa shape index (κ3) is 4.99. The molecule has 36 heavy (non-hydrogen) atoms. The van der Waals surface area contributed by atoms with E-state index in [1.165, 1.54) is 0 Å². The predicted octanol–water partition coefficient (Wildman–Crippen LogP) is 2.53. The molecule has 1 aromatic carbocycles. The Morgan fingerprint density at radius 2 is 1.75 bits per heavy atom. The number of benzene rings is 1. The zero-order valence-electron chi connectivity index (χ0n) is 20.8. The fourth-order valence-corrected chi connectivity index (χ4v) is 5.72. The summed E-state index contributed by atoms with van der Waals surface area (Å²) in [6.45, 7) is 4.83. The summed E-state index contributed by atoms with van der Waals surface area (Å²) < 4.78 is 1.91. The summed E-state index contributed by atoms with van der Waals surface area (Å²) in [5, 5.41) is 22.2. The first-order chi connectivity index (χ1) is 17.4. The molecule has 1 unspecified atom stereocenters. The van der Waals surface area contributed by atoms with Crippen molar-refractivity contribution >= 4 is 22.7 Å². The van der Waals surface area contributed by atoms with Gasteiger partial charge in [-0.05, 0) is 57.7 Å². The maximum atomic E-state index is 13.2. The molecule has 0 aliphatic carbocycles. The second kappa shape index (κ2) is 10.4. The lowest BCUT2D eigenvalue weighted by Crippen LogP contribution is -2.53. The number of aromatic nitrogens is 3. The molecule has 2 aromatic heterocycles. The fraction of sp³-hybridized carbons (Fsp3) is 0.481. The Morgan fingerprint density at radius 3 is 2.44 bits per heavy atom. The molecule has 0 radical (unpaired) electrons. The van der Waals surface area contributed by atoms with Crippen molar-refractivity contribution < 1.29 is 14.7 Å². The molecule has 4 atom stereocenters. The van der Waals surface area contributed by atoms with Gasteiger partial charge >= 0.3 is 0 Å². The highest BCUT2D eigenvalue weighted by atomic mass is 16.3. The Kier molecular flexibility index (Phi) is 7.02. The maximum Gasteiger partial charge on any atom is 0.272 e. The highest BCUT2D eigenvalue weighted by Gasteiger charge is 2.42. The first kappa shape index (κ1) is 24.4. The number of pyridine rings is 1. The van der Waals surface area contributed by atoms with Gasteiger partial charge in [-0.25, -0.2) is 0 Å². The van der Waals surface area contributed by atoms with Crippen molar-refractivity contribution in [3.8, 4) is 0 Å². The summed E-state index contributed by atoms with van der Waals surface area (Å²) >= 11 is 0. The molecule has 2 saturated heterocycles. The van der Waals surface area contributed by atoms with Crippen LogP contribution in [0.5, 0.6) is 0 Å². The molecule has 4 heterocycles. The Hall–Kier alpha value is -3.30. The molecule has 0 saturated carbocycles. The van der Waals surface area contributed by atoms with Crippen LogP contribution in [0.15, 0.2) is 48.8 Å². The number of piperidine rings is 1. The first-order valence-corrected chi connectivity index (χ1v) is 12.8. The Bertz CT molecular complexity index is 1210. The van der Waals surface area contributed by atoms with Gasteiger partial charge in [0.15, 0.2) is 5.69 Å². The minimum absolute atomic E-state index is 0.0812. The lowest BCUT2D eigenvalue weighted by atomic mass is 9.96. The summed E-state index contributed by atoms with van der Waals surface area (Å²) in [4.78, 5) is 31.8. The molecular formula is C27H34N6O3. The van der Waals surface area contributed by atoms with Gasteiger partial charge in [0.25, 0.3) is 11.8 Å². The topological polar surface area (TPSA) is 112 Å². The molecule has 2 aliphatic heterocycles. The molecule has 0 spiro atoms. The summed E-state index contributed by atoms with van der Waals surface area (Å²) in [5.41, 5.74) is 1.98. The van der Waals surface area contributed by atoms with E-state index in [9.17, 15) is 14.7 Å². The maximum absolute atomic E-state index is 13.2. The van der Waals surface area contributed by atoms with E-state index in [-0.39, 0.29) is 30.4 Å². The van der Waals surface area contributed by atoms with Crippen molar-refractivity contribution in [3.63, 3.8) is 0 Å². The lowest BCUT2D eigenvalue weighted by molar-refractivity contribution is 0.0493. The zero-order valence-corrected chi connectivity index (χ0v) is 20.8. The van der Waals surface area contributed by atoms with Gasteiger partial charge < -0.3 is 15.7 Å². The Balaban J connectivity index is 1.17. The molecule has 190 valence electrons. The van der Waals surface area contributed by atoms with E-state index < -0.39 is 6.10 Å². The van der Waals surface area contributed by atoms with Gasteiger partial charge in [-0.2, -0.15) is 5.10 Å².